The van der Waals surface area contributed by atoms with E-state index in [0.717, 1.165) is 17.7 Å². The average Bonchev–Trinajstić information content (AvgIpc) is 2.37. The summed E-state index contributed by atoms with van der Waals surface area (Å²) in [7, 11) is -3.71. The molecule has 0 spiro atoms. The van der Waals surface area contributed by atoms with Crippen molar-refractivity contribution in [2.45, 2.75) is 11.4 Å². The van der Waals surface area contributed by atoms with Gasteiger partial charge >= 0.3 is 0 Å². The highest BCUT2D eigenvalue weighted by atomic mass is 79.9. The summed E-state index contributed by atoms with van der Waals surface area (Å²) < 4.78 is 39.8. The first-order valence-corrected chi connectivity index (χ1v) is 7.95. The summed E-state index contributed by atoms with van der Waals surface area (Å²) in [6.45, 7) is 0.131. The monoisotopic (exact) mass is 358 g/mol. The molecule has 2 aromatic rings. The maximum absolute atomic E-state index is 13.0. The van der Waals surface area contributed by atoms with E-state index in [2.05, 4.69) is 20.7 Å². The van der Waals surface area contributed by atoms with Crippen LogP contribution in [0, 0.1) is 5.82 Å². The van der Waals surface area contributed by atoms with Gasteiger partial charge in [-0.15, -0.1) is 0 Å². The van der Waals surface area contributed by atoms with E-state index >= 15 is 0 Å². The molecule has 0 aliphatic heterocycles. The Morgan fingerprint density at radius 2 is 1.80 bits per heavy atom. The predicted octanol–water partition coefficient (Wildman–Crippen LogP) is 2.65. The standard InChI is InChI=1S/C13H12BrFN2O2S/c14-12-7-10(15)3-6-13(12)20(18,19)17-8-9-1-4-11(16)5-2-9/h1-7,17H,8,16H2. The molecule has 106 valence electrons. The molecule has 4 nitrogen and oxygen atoms in total. The zero-order valence-electron chi connectivity index (χ0n) is 10.3. The van der Waals surface area contributed by atoms with Crippen molar-refractivity contribution in [3.63, 3.8) is 0 Å². The van der Waals surface area contributed by atoms with Crippen molar-refractivity contribution in [3.05, 3.63) is 58.3 Å². The molecule has 0 aromatic heterocycles. The first-order valence-electron chi connectivity index (χ1n) is 5.67. The van der Waals surface area contributed by atoms with Crippen molar-refractivity contribution in [1.82, 2.24) is 4.72 Å². The SMILES string of the molecule is Nc1ccc(CNS(=O)(=O)c2ccc(F)cc2Br)cc1. The fourth-order valence-electron chi connectivity index (χ4n) is 1.58. The number of anilines is 1. The fraction of sp³-hybridized carbons (Fsp3) is 0.0769. The van der Waals surface area contributed by atoms with Crippen LogP contribution in [0.5, 0.6) is 0 Å². The summed E-state index contributed by atoms with van der Waals surface area (Å²) in [6.07, 6.45) is 0. The zero-order valence-corrected chi connectivity index (χ0v) is 12.7. The van der Waals surface area contributed by atoms with E-state index < -0.39 is 15.8 Å². The zero-order chi connectivity index (χ0) is 14.8. The van der Waals surface area contributed by atoms with Crippen LogP contribution in [0.25, 0.3) is 0 Å². The van der Waals surface area contributed by atoms with Gasteiger partial charge in [0.25, 0.3) is 0 Å². The molecule has 0 amide bonds. The van der Waals surface area contributed by atoms with Crippen molar-refractivity contribution in [2.75, 3.05) is 5.73 Å². The molecule has 0 saturated carbocycles. The Morgan fingerprint density at radius 3 is 2.40 bits per heavy atom. The summed E-state index contributed by atoms with van der Waals surface area (Å²) in [5, 5.41) is 0. The fourth-order valence-corrected chi connectivity index (χ4v) is 3.65. The van der Waals surface area contributed by atoms with Crippen molar-refractivity contribution in [1.29, 1.82) is 0 Å². The minimum atomic E-state index is -3.71. The van der Waals surface area contributed by atoms with Crippen LogP contribution in [-0.4, -0.2) is 8.42 Å². The molecule has 2 aromatic carbocycles. The average molecular weight is 359 g/mol. The van der Waals surface area contributed by atoms with Gasteiger partial charge in [0.2, 0.25) is 10.0 Å². The molecule has 0 heterocycles. The summed E-state index contributed by atoms with van der Waals surface area (Å²) >= 11 is 3.04. The van der Waals surface area contributed by atoms with Crippen LogP contribution >= 0.6 is 15.9 Å². The summed E-state index contributed by atoms with van der Waals surface area (Å²) in [5.41, 5.74) is 6.94. The Labute approximate surface area is 125 Å². The van der Waals surface area contributed by atoms with Crippen molar-refractivity contribution >= 4 is 31.6 Å². The minimum Gasteiger partial charge on any atom is -0.399 e. The number of halogens is 2. The van der Waals surface area contributed by atoms with Gasteiger partial charge in [0, 0.05) is 16.7 Å². The van der Waals surface area contributed by atoms with Gasteiger partial charge in [-0.05, 0) is 51.8 Å². The van der Waals surface area contributed by atoms with Crippen molar-refractivity contribution in [2.24, 2.45) is 0 Å². The third-order valence-corrected chi connectivity index (χ3v) is 5.01. The number of hydrogen-bond donors (Lipinski definition) is 2. The van der Waals surface area contributed by atoms with Crippen LogP contribution in [0.2, 0.25) is 0 Å². The number of sulfonamides is 1. The predicted molar refractivity (Wildman–Crippen MR) is 79.0 cm³/mol. The molecule has 0 saturated heterocycles. The van der Waals surface area contributed by atoms with Crippen molar-refractivity contribution in [3.8, 4) is 0 Å². The Bertz CT molecular complexity index is 718. The highest BCUT2D eigenvalue weighted by molar-refractivity contribution is 9.10. The Hall–Kier alpha value is -1.44. The topological polar surface area (TPSA) is 72.2 Å². The van der Waals surface area contributed by atoms with Gasteiger partial charge in [0.15, 0.2) is 0 Å². The number of hydrogen-bond acceptors (Lipinski definition) is 3. The maximum Gasteiger partial charge on any atom is 0.241 e. The number of rotatable bonds is 4. The lowest BCUT2D eigenvalue weighted by Gasteiger charge is -2.09. The molecule has 0 radical (unpaired) electrons. The lowest BCUT2D eigenvalue weighted by Crippen LogP contribution is -2.23. The quantitative estimate of drug-likeness (QED) is 0.825. The molecule has 0 fully saturated rings. The van der Waals surface area contributed by atoms with E-state index in [4.69, 9.17) is 5.73 Å². The third kappa shape index (κ3) is 3.56. The van der Waals surface area contributed by atoms with E-state index in [0.29, 0.717) is 5.69 Å². The van der Waals surface area contributed by atoms with Gasteiger partial charge in [0.1, 0.15) is 5.82 Å². The molecule has 0 atom stereocenters. The van der Waals surface area contributed by atoms with Crippen LogP contribution in [0.15, 0.2) is 51.8 Å². The van der Waals surface area contributed by atoms with Crippen LogP contribution in [0.1, 0.15) is 5.56 Å². The highest BCUT2D eigenvalue weighted by Crippen LogP contribution is 2.22. The molecule has 0 aliphatic rings. The molecule has 0 unspecified atom stereocenters. The Kier molecular flexibility index (Phi) is 4.42. The van der Waals surface area contributed by atoms with Crippen LogP contribution in [0.3, 0.4) is 0 Å². The van der Waals surface area contributed by atoms with Gasteiger partial charge in [-0.3, -0.25) is 0 Å². The van der Waals surface area contributed by atoms with Crippen LogP contribution in [-0.2, 0) is 16.6 Å². The van der Waals surface area contributed by atoms with Gasteiger partial charge < -0.3 is 5.73 Å². The molecular weight excluding hydrogens is 347 g/mol. The van der Waals surface area contributed by atoms with Gasteiger partial charge in [0.05, 0.1) is 4.90 Å². The summed E-state index contributed by atoms with van der Waals surface area (Å²) in [5.74, 6) is -0.505. The molecular formula is C13H12BrFN2O2S. The van der Waals surface area contributed by atoms with E-state index in [1.165, 1.54) is 6.07 Å². The molecule has 20 heavy (non-hydrogen) atoms. The number of benzene rings is 2. The van der Waals surface area contributed by atoms with Crippen LogP contribution < -0.4 is 10.5 Å². The maximum atomic E-state index is 13.0. The largest absolute Gasteiger partial charge is 0.399 e. The van der Waals surface area contributed by atoms with E-state index in [9.17, 15) is 12.8 Å². The number of nitrogens with one attached hydrogen (secondary N) is 1. The van der Waals surface area contributed by atoms with E-state index in [1.54, 1.807) is 24.3 Å². The first-order chi connectivity index (χ1) is 9.38. The molecule has 0 bridgehead atoms. The second kappa shape index (κ2) is 5.90. The molecule has 7 heteroatoms. The van der Waals surface area contributed by atoms with Gasteiger partial charge in [-0.25, -0.2) is 17.5 Å². The Balaban J connectivity index is 2.17. The molecule has 2 rings (SSSR count). The number of nitrogen functional groups attached to an aromatic ring is 1. The highest BCUT2D eigenvalue weighted by Gasteiger charge is 2.17. The smallest absolute Gasteiger partial charge is 0.241 e. The van der Waals surface area contributed by atoms with E-state index in [-0.39, 0.29) is 15.9 Å². The Morgan fingerprint density at radius 1 is 1.15 bits per heavy atom. The summed E-state index contributed by atoms with van der Waals surface area (Å²) in [4.78, 5) is -0.00524. The van der Waals surface area contributed by atoms with Crippen molar-refractivity contribution < 1.29 is 12.8 Å². The van der Waals surface area contributed by atoms with E-state index in [1.807, 2.05) is 0 Å². The molecule has 0 aliphatic carbocycles. The number of nitrogens with two attached hydrogens (primary N) is 1. The second-order valence-electron chi connectivity index (χ2n) is 4.14. The second-order valence-corrected chi connectivity index (χ2v) is 6.73. The summed E-state index contributed by atoms with van der Waals surface area (Å²) in [6, 6.07) is 10.3. The normalized spacial score (nSPS) is 11.5. The first kappa shape index (κ1) is 15.0. The lowest BCUT2D eigenvalue weighted by atomic mass is 10.2. The molecule has 3 N–H and O–H groups in total. The van der Waals surface area contributed by atoms with Crippen LogP contribution in [0.4, 0.5) is 10.1 Å². The lowest BCUT2D eigenvalue weighted by molar-refractivity contribution is 0.579. The minimum absolute atomic E-state index is 0.00524. The van der Waals surface area contributed by atoms with Gasteiger partial charge in [-0.2, -0.15) is 0 Å². The van der Waals surface area contributed by atoms with Gasteiger partial charge in [-0.1, -0.05) is 12.1 Å². The third-order valence-electron chi connectivity index (χ3n) is 2.63.